The lowest BCUT2D eigenvalue weighted by atomic mass is 10.1. The molecule has 1 saturated heterocycles. The van der Waals surface area contributed by atoms with Crippen molar-refractivity contribution in [2.24, 2.45) is 0 Å². The lowest BCUT2D eigenvalue weighted by Crippen LogP contribution is -2.48. The number of aromatic nitrogens is 2. The number of piperazine rings is 1. The van der Waals surface area contributed by atoms with Gasteiger partial charge >= 0.3 is 0 Å². The monoisotopic (exact) mass is 485 g/mol. The zero-order valence-electron chi connectivity index (χ0n) is 19.5. The van der Waals surface area contributed by atoms with E-state index >= 15 is 0 Å². The number of H-pyrrole nitrogens is 1. The van der Waals surface area contributed by atoms with E-state index in [1.807, 2.05) is 65.6 Å². The van der Waals surface area contributed by atoms with Crippen LogP contribution in [-0.2, 0) is 6.54 Å². The molecule has 2 heterocycles. The number of nitrogens with zero attached hydrogens (tertiary/aromatic N) is 3. The van der Waals surface area contributed by atoms with Gasteiger partial charge in [0.05, 0.1) is 12.6 Å². The van der Waals surface area contributed by atoms with Crippen molar-refractivity contribution in [3.05, 3.63) is 88.7 Å². The number of aromatic amines is 1. The summed E-state index contributed by atoms with van der Waals surface area (Å²) in [4.78, 5) is 24.8. The van der Waals surface area contributed by atoms with Crippen LogP contribution in [0.25, 0.3) is 10.9 Å². The van der Waals surface area contributed by atoms with Gasteiger partial charge in [-0.25, -0.2) is 4.98 Å². The quantitative estimate of drug-likeness (QED) is 0.380. The maximum atomic E-state index is 13.1. The fourth-order valence-electron chi connectivity index (χ4n) is 4.33. The molecule has 35 heavy (non-hydrogen) atoms. The average molecular weight is 486 g/mol. The molecule has 0 unspecified atom stereocenters. The molecule has 0 aliphatic carbocycles. The third-order valence-corrected chi connectivity index (χ3v) is 6.50. The Hall–Kier alpha value is -3.91. The summed E-state index contributed by atoms with van der Waals surface area (Å²) in [6.07, 6.45) is 0. The highest BCUT2D eigenvalue weighted by molar-refractivity contribution is 7.71. The molecule has 0 saturated carbocycles. The van der Waals surface area contributed by atoms with E-state index in [2.05, 4.69) is 32.3 Å². The molecule has 0 atom stereocenters. The number of carbonyl (C=O) groups excluding carboxylic acids is 1. The Balaban J connectivity index is 1.18. The molecule has 8 heteroatoms. The molecule has 1 aliphatic rings. The fraction of sp³-hybridized carbons (Fsp3) is 0.222. The molecule has 0 bridgehead atoms. The SMILES string of the molecule is COc1ccc(N2CCN(C(=O)c3ccc(CNc4nc(=S)[nH]c5ccccc45)cc3)CC2)cc1. The molecule has 2 N–H and O–H groups in total. The zero-order valence-corrected chi connectivity index (χ0v) is 20.3. The second-order valence-corrected chi connectivity index (χ2v) is 8.85. The number of carbonyl (C=O) groups is 1. The number of rotatable bonds is 6. The largest absolute Gasteiger partial charge is 0.497 e. The van der Waals surface area contributed by atoms with Gasteiger partial charge in [-0.2, -0.15) is 0 Å². The molecule has 5 rings (SSSR count). The standard InChI is InChI=1S/C27H27N5O2S/c1-34-22-12-10-21(11-13-22)31-14-16-32(17-15-31)26(33)20-8-6-19(7-9-20)18-28-25-23-4-2-3-5-24(23)29-27(35)30-25/h2-13H,14-18H2,1H3,(H2,28,29,30,35). The number of fused-ring (bicyclic) bond motifs is 1. The van der Waals surface area contributed by atoms with Crippen LogP contribution in [0.3, 0.4) is 0 Å². The maximum Gasteiger partial charge on any atom is 0.253 e. The van der Waals surface area contributed by atoms with Gasteiger partial charge in [-0.1, -0.05) is 24.3 Å². The first-order valence-electron chi connectivity index (χ1n) is 11.6. The average Bonchev–Trinajstić information content (AvgIpc) is 2.91. The first kappa shape index (κ1) is 22.9. The van der Waals surface area contributed by atoms with Crippen LogP contribution in [0, 0.1) is 4.77 Å². The molecule has 1 aromatic heterocycles. The Morgan fingerprint density at radius 1 is 1.00 bits per heavy atom. The summed E-state index contributed by atoms with van der Waals surface area (Å²) in [6, 6.07) is 23.8. The van der Waals surface area contributed by atoms with Gasteiger partial charge in [-0.05, 0) is 66.3 Å². The Labute approximate surface area is 209 Å². The minimum absolute atomic E-state index is 0.0703. The van der Waals surface area contributed by atoms with E-state index in [-0.39, 0.29) is 5.91 Å². The molecule has 0 spiro atoms. The van der Waals surface area contributed by atoms with Crippen LogP contribution < -0.4 is 15.0 Å². The first-order chi connectivity index (χ1) is 17.1. The molecule has 4 aromatic rings. The van der Waals surface area contributed by atoms with Gasteiger partial charge in [0.1, 0.15) is 11.6 Å². The van der Waals surface area contributed by atoms with Gasteiger partial charge < -0.3 is 24.8 Å². The maximum absolute atomic E-state index is 13.1. The molecule has 1 amide bonds. The van der Waals surface area contributed by atoms with Crippen LogP contribution in [-0.4, -0.2) is 54.1 Å². The van der Waals surface area contributed by atoms with Gasteiger partial charge in [-0.15, -0.1) is 0 Å². The molecular weight excluding hydrogens is 458 g/mol. The van der Waals surface area contributed by atoms with Crippen molar-refractivity contribution in [1.82, 2.24) is 14.9 Å². The predicted molar refractivity (Wildman–Crippen MR) is 142 cm³/mol. The number of hydrogen-bond acceptors (Lipinski definition) is 6. The van der Waals surface area contributed by atoms with Crippen molar-refractivity contribution in [2.45, 2.75) is 6.54 Å². The summed E-state index contributed by atoms with van der Waals surface area (Å²) in [6.45, 7) is 3.59. The van der Waals surface area contributed by atoms with Crippen molar-refractivity contribution in [3.8, 4) is 5.75 Å². The Kier molecular flexibility index (Phi) is 6.63. The van der Waals surface area contributed by atoms with Crippen LogP contribution in [0.4, 0.5) is 11.5 Å². The van der Waals surface area contributed by atoms with E-state index in [0.29, 0.717) is 30.0 Å². The summed E-state index contributed by atoms with van der Waals surface area (Å²) in [5.74, 6) is 1.67. The van der Waals surface area contributed by atoms with Crippen molar-refractivity contribution < 1.29 is 9.53 Å². The summed E-state index contributed by atoms with van der Waals surface area (Å²) >= 11 is 5.25. The van der Waals surface area contributed by atoms with E-state index in [0.717, 1.165) is 46.8 Å². The summed E-state index contributed by atoms with van der Waals surface area (Å²) in [5, 5.41) is 4.37. The van der Waals surface area contributed by atoms with E-state index < -0.39 is 0 Å². The fourth-order valence-corrected chi connectivity index (χ4v) is 4.53. The highest BCUT2D eigenvalue weighted by Crippen LogP contribution is 2.22. The third kappa shape index (κ3) is 5.12. The van der Waals surface area contributed by atoms with E-state index in [1.54, 1.807) is 7.11 Å². The number of hydrogen-bond donors (Lipinski definition) is 2. The molecule has 1 fully saturated rings. The molecule has 1 aliphatic heterocycles. The van der Waals surface area contributed by atoms with Gasteiger partial charge in [0, 0.05) is 49.4 Å². The zero-order chi connectivity index (χ0) is 24.2. The third-order valence-electron chi connectivity index (χ3n) is 6.30. The Morgan fingerprint density at radius 3 is 2.43 bits per heavy atom. The summed E-state index contributed by atoms with van der Waals surface area (Å²) in [5.41, 5.74) is 3.87. The number of ether oxygens (including phenoxy) is 1. The minimum atomic E-state index is 0.0703. The van der Waals surface area contributed by atoms with Crippen LogP contribution in [0.2, 0.25) is 0 Å². The van der Waals surface area contributed by atoms with Crippen LogP contribution in [0.1, 0.15) is 15.9 Å². The Bertz CT molecular complexity index is 1380. The highest BCUT2D eigenvalue weighted by atomic mass is 32.1. The lowest BCUT2D eigenvalue weighted by Gasteiger charge is -2.36. The molecule has 178 valence electrons. The van der Waals surface area contributed by atoms with Crippen LogP contribution >= 0.6 is 12.2 Å². The van der Waals surface area contributed by atoms with E-state index in [9.17, 15) is 4.79 Å². The van der Waals surface area contributed by atoms with E-state index in [4.69, 9.17) is 17.0 Å². The first-order valence-corrected chi connectivity index (χ1v) is 12.0. The number of nitrogens with one attached hydrogen (secondary N) is 2. The highest BCUT2D eigenvalue weighted by Gasteiger charge is 2.22. The Morgan fingerprint density at radius 2 is 1.71 bits per heavy atom. The number of benzene rings is 3. The smallest absolute Gasteiger partial charge is 0.253 e. The normalized spacial score (nSPS) is 13.6. The van der Waals surface area contributed by atoms with Gasteiger partial charge in [-0.3, -0.25) is 4.79 Å². The van der Waals surface area contributed by atoms with Gasteiger partial charge in [0.2, 0.25) is 0 Å². The predicted octanol–water partition coefficient (Wildman–Crippen LogP) is 4.88. The molecule has 0 radical (unpaired) electrons. The number of methoxy groups -OCH3 is 1. The van der Waals surface area contributed by atoms with Gasteiger partial charge in [0.25, 0.3) is 5.91 Å². The summed E-state index contributed by atoms with van der Waals surface area (Å²) < 4.78 is 5.68. The topological polar surface area (TPSA) is 73.5 Å². The van der Waals surface area contributed by atoms with Crippen molar-refractivity contribution in [1.29, 1.82) is 0 Å². The van der Waals surface area contributed by atoms with Gasteiger partial charge in [0.15, 0.2) is 4.77 Å². The van der Waals surface area contributed by atoms with E-state index in [1.165, 1.54) is 0 Å². The molecule has 7 nitrogen and oxygen atoms in total. The van der Waals surface area contributed by atoms with Crippen molar-refractivity contribution >= 4 is 40.5 Å². The molecule has 3 aromatic carbocycles. The lowest BCUT2D eigenvalue weighted by molar-refractivity contribution is 0.0747. The van der Waals surface area contributed by atoms with Crippen molar-refractivity contribution in [2.75, 3.05) is 43.5 Å². The summed E-state index contributed by atoms with van der Waals surface area (Å²) in [7, 11) is 1.67. The second kappa shape index (κ2) is 10.1. The number of amides is 1. The number of anilines is 2. The van der Waals surface area contributed by atoms with Crippen LogP contribution in [0.5, 0.6) is 5.75 Å². The number of para-hydroxylation sites is 1. The van der Waals surface area contributed by atoms with Crippen molar-refractivity contribution in [3.63, 3.8) is 0 Å². The second-order valence-electron chi connectivity index (χ2n) is 8.46. The minimum Gasteiger partial charge on any atom is -0.497 e. The van der Waals surface area contributed by atoms with Crippen LogP contribution in [0.15, 0.2) is 72.8 Å². The molecular formula is C27H27N5O2S.